The van der Waals surface area contributed by atoms with Crippen molar-refractivity contribution in [1.29, 1.82) is 0 Å². The van der Waals surface area contributed by atoms with E-state index in [1.807, 2.05) is 97.1 Å². The minimum absolute atomic E-state index is 0.352. The Morgan fingerprint density at radius 1 is 0.552 bits per heavy atom. The molecular formula is C24H21AsO3Si. The van der Waals surface area contributed by atoms with Crippen molar-refractivity contribution in [2.45, 2.75) is 0 Å². The molecule has 1 N–H and O–H groups in total. The van der Waals surface area contributed by atoms with Crippen LogP contribution >= 0.6 is 0 Å². The van der Waals surface area contributed by atoms with E-state index < -0.39 is 22.5 Å². The van der Waals surface area contributed by atoms with Crippen molar-refractivity contribution in [3.8, 4) is 0 Å². The van der Waals surface area contributed by atoms with Gasteiger partial charge in [0.1, 0.15) is 0 Å². The molecule has 29 heavy (non-hydrogen) atoms. The maximum absolute atomic E-state index is 13.6. The van der Waals surface area contributed by atoms with Crippen molar-refractivity contribution in [3.63, 3.8) is 0 Å². The van der Waals surface area contributed by atoms with Crippen LogP contribution in [0, 0.1) is 0 Å². The summed E-state index contributed by atoms with van der Waals surface area (Å²) in [5.41, 5.74) is 0. The van der Waals surface area contributed by atoms with E-state index in [2.05, 4.69) is 0 Å². The topological polar surface area (TPSA) is 46.5 Å². The Kier molecular flexibility index (Phi) is 5.70. The quantitative estimate of drug-likeness (QED) is 0.354. The number of hydrogen-bond donors (Lipinski definition) is 1. The fraction of sp³-hybridized carbons (Fsp3) is 0. The van der Waals surface area contributed by atoms with Crippen molar-refractivity contribution in [2.75, 3.05) is 0 Å². The molecule has 0 aliphatic rings. The summed E-state index contributed by atoms with van der Waals surface area (Å²) in [6.45, 7) is 0. The van der Waals surface area contributed by atoms with Gasteiger partial charge in [-0.25, -0.2) is 0 Å². The van der Waals surface area contributed by atoms with Crippen LogP contribution in [0.1, 0.15) is 0 Å². The summed E-state index contributed by atoms with van der Waals surface area (Å²) in [5, 5.41) is 2.80. The zero-order chi connectivity index (χ0) is 20.2. The molecule has 0 aromatic heterocycles. The van der Waals surface area contributed by atoms with Gasteiger partial charge in [0.2, 0.25) is 0 Å². The predicted molar refractivity (Wildman–Crippen MR) is 120 cm³/mol. The molecular weight excluding hydrogens is 439 g/mol. The molecule has 144 valence electrons. The van der Waals surface area contributed by atoms with Crippen LogP contribution in [0.5, 0.6) is 0 Å². The summed E-state index contributed by atoms with van der Waals surface area (Å²) in [6.07, 6.45) is 0. The van der Waals surface area contributed by atoms with E-state index in [0.717, 1.165) is 15.6 Å². The second-order valence-corrected chi connectivity index (χ2v) is 14.4. The molecule has 0 radical (unpaired) electrons. The maximum atomic E-state index is 13.6. The Labute approximate surface area is 174 Å². The first-order valence-corrected chi connectivity index (χ1v) is 14.6. The van der Waals surface area contributed by atoms with Crippen LogP contribution in [0.25, 0.3) is 0 Å². The van der Waals surface area contributed by atoms with E-state index in [9.17, 15) is 7.84 Å². The van der Waals surface area contributed by atoms with Crippen LogP contribution in [0.15, 0.2) is 121 Å². The van der Waals surface area contributed by atoms with Crippen LogP contribution in [-0.2, 0) is 7.15 Å². The first-order valence-electron chi connectivity index (χ1n) is 9.39. The Bertz CT molecular complexity index is 1010. The molecule has 1 unspecified atom stereocenters. The number of hydrogen-bond acceptors (Lipinski definition) is 2. The Morgan fingerprint density at radius 2 is 0.862 bits per heavy atom. The van der Waals surface area contributed by atoms with Gasteiger partial charge in [0.05, 0.1) is 0 Å². The van der Waals surface area contributed by atoms with E-state index in [0.29, 0.717) is 4.35 Å². The summed E-state index contributed by atoms with van der Waals surface area (Å²) in [6, 6.07) is 38.2. The van der Waals surface area contributed by atoms with Gasteiger partial charge in [-0.15, -0.1) is 0 Å². The second-order valence-electron chi connectivity index (χ2n) is 6.73. The third-order valence-corrected chi connectivity index (χ3v) is 14.1. The number of rotatable bonds is 6. The summed E-state index contributed by atoms with van der Waals surface area (Å²) in [7, 11) is -3.23. The standard InChI is InChI=1S/C24H21AsO3Si/c26-25(27,21-13-5-1-6-14-21)28-29(22-15-7-2-8-16-22,23-17-9-3-10-18-23)24-19-11-4-12-20-24/h1-20H,(H,26,27). The Balaban J connectivity index is 1.99. The molecule has 5 heteroatoms. The van der Waals surface area contributed by atoms with Gasteiger partial charge in [0.15, 0.2) is 0 Å². The van der Waals surface area contributed by atoms with Crippen LogP contribution in [0.3, 0.4) is 0 Å². The SMILES string of the molecule is O=[As](O)(O[Si](c1ccccc1)(c1ccccc1)c1ccccc1)c1ccccc1. The third kappa shape index (κ3) is 3.93. The second kappa shape index (κ2) is 8.40. The monoisotopic (exact) mass is 460 g/mol. The van der Waals surface area contributed by atoms with Crippen molar-refractivity contribution in [3.05, 3.63) is 121 Å². The Morgan fingerprint density at radius 3 is 1.21 bits per heavy atom. The molecule has 0 heterocycles. The molecule has 0 spiro atoms. The van der Waals surface area contributed by atoms with Crippen LogP contribution in [-0.4, -0.2) is 26.6 Å². The summed E-state index contributed by atoms with van der Waals surface area (Å²) < 4.78 is 31.5. The van der Waals surface area contributed by atoms with Crippen LogP contribution in [0.2, 0.25) is 0 Å². The normalized spacial score (nSPS) is 13.6. The average Bonchev–Trinajstić information content (AvgIpc) is 2.80. The van der Waals surface area contributed by atoms with E-state index in [4.69, 9.17) is 3.42 Å². The van der Waals surface area contributed by atoms with Crippen LogP contribution < -0.4 is 19.9 Å². The molecule has 3 nitrogen and oxygen atoms in total. The molecule has 0 saturated carbocycles. The van der Waals surface area contributed by atoms with Gasteiger partial charge in [-0.2, -0.15) is 0 Å². The molecule has 0 aliphatic heterocycles. The minimum atomic E-state index is -4.87. The van der Waals surface area contributed by atoms with E-state index in [1.165, 1.54) is 0 Å². The van der Waals surface area contributed by atoms with Crippen molar-refractivity contribution < 1.29 is 11.3 Å². The third-order valence-electron chi connectivity index (χ3n) is 4.88. The molecule has 0 bridgehead atoms. The molecule has 0 fully saturated rings. The number of benzene rings is 4. The van der Waals surface area contributed by atoms with E-state index in [-0.39, 0.29) is 0 Å². The molecule has 1 atom stereocenters. The van der Waals surface area contributed by atoms with Crippen LogP contribution in [0.4, 0.5) is 0 Å². The van der Waals surface area contributed by atoms with Crippen molar-refractivity contribution >= 4 is 42.4 Å². The van der Waals surface area contributed by atoms with E-state index >= 15 is 0 Å². The van der Waals surface area contributed by atoms with E-state index in [1.54, 1.807) is 24.3 Å². The van der Waals surface area contributed by atoms with Gasteiger partial charge in [0, 0.05) is 0 Å². The van der Waals surface area contributed by atoms with Gasteiger partial charge in [-0.05, 0) is 0 Å². The first-order chi connectivity index (χ1) is 14.1. The summed E-state index contributed by atoms with van der Waals surface area (Å²) in [5.74, 6) is 0. The average molecular weight is 460 g/mol. The van der Waals surface area contributed by atoms with Gasteiger partial charge in [0.25, 0.3) is 0 Å². The van der Waals surface area contributed by atoms with Crippen molar-refractivity contribution in [2.24, 2.45) is 0 Å². The predicted octanol–water partition coefficient (Wildman–Crippen LogP) is 1.94. The van der Waals surface area contributed by atoms with Gasteiger partial charge < -0.3 is 0 Å². The Hall–Kier alpha value is -2.62. The molecule has 0 saturated heterocycles. The fourth-order valence-corrected chi connectivity index (χ4v) is 13.5. The molecule has 0 aliphatic carbocycles. The molecule has 4 aromatic carbocycles. The molecule has 4 rings (SSSR count). The summed E-state index contributed by atoms with van der Waals surface area (Å²) in [4.78, 5) is 0. The van der Waals surface area contributed by atoms with Gasteiger partial charge in [-0.1, -0.05) is 0 Å². The van der Waals surface area contributed by atoms with Crippen molar-refractivity contribution in [1.82, 2.24) is 0 Å². The molecule has 0 amide bonds. The van der Waals surface area contributed by atoms with Gasteiger partial charge in [-0.3, -0.25) is 0 Å². The molecule has 4 aromatic rings. The zero-order valence-electron chi connectivity index (χ0n) is 15.8. The first kappa shape index (κ1) is 19.7. The fourth-order valence-electron chi connectivity index (χ4n) is 3.53. The zero-order valence-corrected chi connectivity index (χ0v) is 18.6. The summed E-state index contributed by atoms with van der Waals surface area (Å²) >= 11 is -4.87. The van der Waals surface area contributed by atoms with Gasteiger partial charge >= 0.3 is 175 Å².